The number of rotatable bonds is 5. The lowest BCUT2D eigenvalue weighted by Gasteiger charge is -2.26. The first-order chi connectivity index (χ1) is 17.3. The Morgan fingerprint density at radius 3 is 2.53 bits per heavy atom. The van der Waals surface area contributed by atoms with Crippen LogP contribution in [0.5, 0.6) is 0 Å². The van der Waals surface area contributed by atoms with E-state index >= 15 is 4.39 Å². The van der Waals surface area contributed by atoms with E-state index in [-0.39, 0.29) is 11.4 Å². The molecule has 1 aliphatic rings. The van der Waals surface area contributed by atoms with Gasteiger partial charge >= 0.3 is 0 Å². The van der Waals surface area contributed by atoms with Crippen molar-refractivity contribution in [3.05, 3.63) is 81.7 Å². The molecule has 1 aliphatic heterocycles. The highest BCUT2D eigenvalue weighted by molar-refractivity contribution is 5.91. The van der Waals surface area contributed by atoms with E-state index in [1.54, 1.807) is 18.3 Å². The number of ether oxygens (including phenoxy) is 1. The van der Waals surface area contributed by atoms with Crippen molar-refractivity contribution in [1.82, 2.24) is 14.9 Å². The van der Waals surface area contributed by atoms with Gasteiger partial charge in [0.1, 0.15) is 5.82 Å². The number of nitrogens with zero attached hydrogens (tertiary/aromatic N) is 2. The van der Waals surface area contributed by atoms with Crippen molar-refractivity contribution in [2.45, 2.75) is 32.2 Å². The molecule has 1 fully saturated rings. The maximum Gasteiger partial charge on any atom is 0.255 e. The van der Waals surface area contributed by atoms with Gasteiger partial charge in [-0.15, -0.1) is 0 Å². The molecule has 5 rings (SSSR count). The number of aromatic amines is 1. The summed E-state index contributed by atoms with van der Waals surface area (Å²) in [5.74, 6) is -0.0404. The third-order valence-corrected chi connectivity index (χ3v) is 7.03. The van der Waals surface area contributed by atoms with E-state index in [1.165, 1.54) is 11.1 Å². The number of aryl methyl sites for hydroxylation is 1. The van der Waals surface area contributed by atoms with Gasteiger partial charge < -0.3 is 20.4 Å². The second-order valence-corrected chi connectivity index (χ2v) is 9.86. The highest BCUT2D eigenvalue weighted by atomic mass is 19.1. The molecule has 6 nitrogen and oxygen atoms in total. The van der Waals surface area contributed by atoms with Crippen LogP contribution in [0.3, 0.4) is 0 Å². The van der Waals surface area contributed by atoms with Crippen molar-refractivity contribution in [3.8, 4) is 22.3 Å². The summed E-state index contributed by atoms with van der Waals surface area (Å²) in [4.78, 5) is 21.2. The summed E-state index contributed by atoms with van der Waals surface area (Å²) in [7, 11) is 4.08. The second-order valence-electron chi connectivity index (χ2n) is 9.86. The summed E-state index contributed by atoms with van der Waals surface area (Å²) in [5.41, 5.74) is 12.1. The number of hydrogen-bond donors (Lipinski definition) is 2. The number of nitrogens with one attached hydrogen (secondary N) is 1. The first kappa shape index (κ1) is 24.2. The molecule has 0 spiro atoms. The molecule has 1 saturated heterocycles. The fraction of sp³-hybridized carbons (Fsp3) is 0.310. The van der Waals surface area contributed by atoms with Gasteiger partial charge in [0.15, 0.2) is 0 Å². The van der Waals surface area contributed by atoms with E-state index in [9.17, 15) is 4.79 Å². The van der Waals surface area contributed by atoms with E-state index in [4.69, 9.17) is 10.5 Å². The third-order valence-electron chi connectivity index (χ3n) is 7.03. The molecule has 4 aromatic rings. The van der Waals surface area contributed by atoms with Gasteiger partial charge in [0.2, 0.25) is 5.95 Å². The second kappa shape index (κ2) is 9.84. The van der Waals surface area contributed by atoms with Crippen molar-refractivity contribution in [2.75, 3.05) is 33.0 Å². The first-order valence-corrected chi connectivity index (χ1v) is 12.3. The summed E-state index contributed by atoms with van der Waals surface area (Å²) in [6.07, 6.45) is 3.68. The van der Waals surface area contributed by atoms with Gasteiger partial charge in [-0.1, -0.05) is 18.2 Å². The summed E-state index contributed by atoms with van der Waals surface area (Å²) in [6.45, 7) is 4.23. The number of aromatic nitrogens is 2. The van der Waals surface area contributed by atoms with E-state index in [1.807, 2.05) is 39.2 Å². The number of anilines is 1. The number of pyridine rings is 2. The Hall–Kier alpha value is -3.55. The van der Waals surface area contributed by atoms with Crippen molar-refractivity contribution < 1.29 is 9.13 Å². The molecule has 3 N–H and O–H groups in total. The average Bonchev–Trinajstić information content (AvgIpc) is 2.86. The van der Waals surface area contributed by atoms with Gasteiger partial charge in [-0.2, -0.15) is 4.39 Å². The lowest BCUT2D eigenvalue weighted by atomic mass is 9.86. The Bertz CT molecular complexity index is 1490. The Labute approximate surface area is 209 Å². The van der Waals surface area contributed by atoms with Gasteiger partial charge in [0, 0.05) is 42.5 Å². The fourth-order valence-corrected chi connectivity index (χ4v) is 5.16. The molecule has 7 heteroatoms. The minimum Gasteiger partial charge on any atom is -0.383 e. The lowest BCUT2D eigenvalue weighted by Crippen LogP contribution is -2.18. The predicted molar refractivity (Wildman–Crippen MR) is 143 cm³/mol. The number of hydrogen-bond acceptors (Lipinski definition) is 5. The van der Waals surface area contributed by atoms with Crippen LogP contribution in [0.15, 0.2) is 53.5 Å². The average molecular weight is 487 g/mol. The first-order valence-electron chi connectivity index (χ1n) is 12.3. The Morgan fingerprint density at radius 1 is 1.06 bits per heavy atom. The topological polar surface area (TPSA) is 84.2 Å². The number of halogens is 1. The zero-order chi connectivity index (χ0) is 25.4. The highest BCUT2D eigenvalue weighted by Gasteiger charge is 2.21. The Morgan fingerprint density at radius 2 is 1.78 bits per heavy atom. The monoisotopic (exact) mass is 486 g/mol. The lowest BCUT2D eigenvalue weighted by molar-refractivity contribution is 0.0850. The summed E-state index contributed by atoms with van der Waals surface area (Å²) in [6, 6.07) is 13.5. The number of nitrogens with two attached hydrogens (primary N) is 1. The molecule has 0 aliphatic carbocycles. The van der Waals surface area contributed by atoms with Crippen LogP contribution >= 0.6 is 0 Å². The number of H-pyrrole nitrogens is 1. The van der Waals surface area contributed by atoms with E-state index in [0.717, 1.165) is 54.7 Å². The molecular weight excluding hydrogens is 455 g/mol. The molecule has 0 bridgehead atoms. The van der Waals surface area contributed by atoms with Crippen LogP contribution in [-0.2, 0) is 11.3 Å². The standard InChI is InChI=1S/C29H31FN4O2/c1-17-15-32-29(35)23-7-5-20(13-24(17)23)26-14-25(27(30)33-28(26)31)19-4-6-22(18-8-10-36-11-9-18)21(12-19)16-34(2)3/h4-7,12-15,18H,8-11,16H2,1-3H3,(H2,31,33)(H,32,35). The molecule has 3 heterocycles. The van der Waals surface area contributed by atoms with Gasteiger partial charge in [0.05, 0.1) is 0 Å². The largest absolute Gasteiger partial charge is 0.383 e. The minimum absolute atomic E-state index is 0.116. The number of benzene rings is 2. The van der Waals surface area contributed by atoms with Crippen LogP contribution in [0.4, 0.5) is 10.2 Å². The van der Waals surface area contributed by atoms with E-state index in [2.05, 4.69) is 27.0 Å². The van der Waals surface area contributed by atoms with Crippen molar-refractivity contribution in [1.29, 1.82) is 0 Å². The van der Waals surface area contributed by atoms with Crippen molar-refractivity contribution in [2.24, 2.45) is 0 Å². The Kier molecular flexibility index (Phi) is 6.60. The molecular formula is C29H31FN4O2. The number of fused-ring (bicyclic) bond motifs is 1. The van der Waals surface area contributed by atoms with Crippen LogP contribution in [0.25, 0.3) is 33.0 Å². The zero-order valence-corrected chi connectivity index (χ0v) is 20.9. The molecule has 0 unspecified atom stereocenters. The molecule has 0 radical (unpaired) electrons. The van der Waals surface area contributed by atoms with Crippen LogP contribution in [0.1, 0.15) is 35.4 Å². The van der Waals surface area contributed by atoms with Gasteiger partial charge in [-0.05, 0) is 97.2 Å². The molecule has 186 valence electrons. The van der Waals surface area contributed by atoms with E-state index < -0.39 is 5.95 Å². The maximum absolute atomic E-state index is 15.2. The van der Waals surface area contributed by atoms with Crippen LogP contribution < -0.4 is 11.3 Å². The predicted octanol–water partition coefficient (Wildman–Crippen LogP) is 5.24. The minimum atomic E-state index is -0.598. The third kappa shape index (κ3) is 4.64. The Balaban J connectivity index is 1.61. The highest BCUT2D eigenvalue weighted by Crippen LogP contribution is 2.36. The summed E-state index contributed by atoms with van der Waals surface area (Å²) < 4.78 is 20.7. The van der Waals surface area contributed by atoms with Gasteiger partial charge in [0.25, 0.3) is 5.56 Å². The SMILES string of the molecule is Cc1c[nH]c(=O)c2ccc(-c3cc(-c4ccc(C5CCOCC5)c(CN(C)C)c4)c(F)nc3N)cc12. The van der Waals surface area contributed by atoms with Crippen LogP contribution in [-0.4, -0.2) is 42.2 Å². The normalized spacial score (nSPS) is 14.6. The molecule has 0 amide bonds. The molecule has 0 atom stereocenters. The van der Waals surface area contributed by atoms with E-state index in [0.29, 0.717) is 22.4 Å². The zero-order valence-electron chi connectivity index (χ0n) is 20.9. The van der Waals surface area contributed by atoms with Crippen molar-refractivity contribution >= 4 is 16.6 Å². The summed E-state index contributed by atoms with van der Waals surface area (Å²) in [5, 5.41) is 1.43. The smallest absolute Gasteiger partial charge is 0.255 e. The summed E-state index contributed by atoms with van der Waals surface area (Å²) >= 11 is 0. The van der Waals surface area contributed by atoms with Gasteiger partial charge in [-0.3, -0.25) is 4.79 Å². The fourth-order valence-electron chi connectivity index (χ4n) is 5.16. The maximum atomic E-state index is 15.2. The van der Waals surface area contributed by atoms with Gasteiger partial charge in [-0.25, -0.2) is 4.98 Å². The molecule has 0 saturated carbocycles. The molecule has 2 aromatic heterocycles. The van der Waals surface area contributed by atoms with Crippen LogP contribution in [0, 0.1) is 12.9 Å². The molecule has 2 aromatic carbocycles. The molecule has 36 heavy (non-hydrogen) atoms. The van der Waals surface area contributed by atoms with Crippen LogP contribution in [0.2, 0.25) is 0 Å². The van der Waals surface area contributed by atoms with Crippen molar-refractivity contribution in [3.63, 3.8) is 0 Å². The number of nitrogen functional groups attached to an aromatic ring is 1. The quantitative estimate of drug-likeness (QED) is 0.377.